The van der Waals surface area contributed by atoms with Gasteiger partial charge in [0.2, 0.25) is 11.8 Å². The lowest BCUT2D eigenvalue weighted by atomic mass is 10.1. The third kappa shape index (κ3) is 8.55. The summed E-state index contributed by atoms with van der Waals surface area (Å²) >= 11 is 6.34. The van der Waals surface area contributed by atoms with E-state index in [4.69, 9.17) is 30.5 Å². The quantitative estimate of drug-likeness (QED) is 0.217. The first-order valence-corrected chi connectivity index (χ1v) is 16.6. The van der Waals surface area contributed by atoms with E-state index in [0.29, 0.717) is 23.5 Å². The molecular weight excluding hydrogens is 634 g/mol. The molecule has 0 saturated carbocycles. The van der Waals surface area contributed by atoms with Gasteiger partial charge < -0.3 is 29.2 Å². The molecule has 250 valence electrons. The Hall–Kier alpha value is -4.16. The molecule has 0 spiro atoms. The molecule has 0 aliphatic heterocycles. The summed E-state index contributed by atoms with van der Waals surface area (Å²) in [6.45, 7) is 4.96. The monoisotopic (exact) mass is 675 g/mol. The Kier molecular flexibility index (Phi) is 13.0. The number of hydrogen-bond acceptors (Lipinski definition) is 8. The molecule has 0 aliphatic rings. The van der Waals surface area contributed by atoms with Gasteiger partial charge in [-0.2, -0.15) is 0 Å². The van der Waals surface area contributed by atoms with Crippen LogP contribution in [0.4, 0.5) is 5.69 Å². The van der Waals surface area contributed by atoms with Crippen LogP contribution in [0.1, 0.15) is 39.2 Å². The molecule has 2 unspecified atom stereocenters. The van der Waals surface area contributed by atoms with Gasteiger partial charge in [0.25, 0.3) is 10.0 Å². The SMILES string of the molecule is CCC(C)NC(=O)C(CC)N(Cc1cccc(OC)c1)C(=O)CN(c1cc(Cl)ccc1OC)S(=O)(=O)c1ccc(OC)c(OC)c1. The van der Waals surface area contributed by atoms with Gasteiger partial charge >= 0.3 is 0 Å². The Balaban J connectivity index is 2.18. The summed E-state index contributed by atoms with van der Waals surface area (Å²) in [5.74, 6) is 0.278. The van der Waals surface area contributed by atoms with Gasteiger partial charge in [-0.05, 0) is 67.8 Å². The van der Waals surface area contributed by atoms with Crippen LogP contribution in [-0.2, 0) is 26.2 Å². The highest BCUT2D eigenvalue weighted by Crippen LogP contribution is 2.37. The number of rotatable bonds is 16. The first kappa shape index (κ1) is 36.3. The van der Waals surface area contributed by atoms with E-state index in [2.05, 4.69) is 5.32 Å². The fraction of sp³-hybridized carbons (Fsp3) is 0.394. The predicted octanol–water partition coefficient (Wildman–Crippen LogP) is 5.29. The number of amides is 2. The maximum absolute atomic E-state index is 14.4. The van der Waals surface area contributed by atoms with Crippen LogP contribution in [0.15, 0.2) is 65.6 Å². The minimum absolute atomic E-state index is 0.0133. The minimum Gasteiger partial charge on any atom is -0.497 e. The molecule has 3 aromatic carbocycles. The number of carbonyl (C=O) groups excluding carboxylic acids is 2. The third-order valence-corrected chi connectivity index (χ3v) is 9.50. The lowest BCUT2D eigenvalue weighted by molar-refractivity contribution is -0.140. The normalized spacial score (nSPS) is 12.4. The number of hydrogen-bond donors (Lipinski definition) is 1. The lowest BCUT2D eigenvalue weighted by Crippen LogP contribution is -2.53. The zero-order valence-electron chi connectivity index (χ0n) is 27.2. The Morgan fingerprint density at radius 3 is 2.13 bits per heavy atom. The average molecular weight is 676 g/mol. The second kappa shape index (κ2) is 16.4. The van der Waals surface area contributed by atoms with Crippen molar-refractivity contribution in [2.24, 2.45) is 0 Å². The maximum Gasteiger partial charge on any atom is 0.265 e. The number of ether oxygens (including phenoxy) is 4. The van der Waals surface area contributed by atoms with Crippen LogP contribution in [0.2, 0.25) is 5.02 Å². The van der Waals surface area contributed by atoms with Gasteiger partial charge in [-0.1, -0.05) is 37.6 Å². The van der Waals surface area contributed by atoms with Crippen LogP contribution < -0.4 is 28.6 Å². The second-order valence-electron chi connectivity index (χ2n) is 10.5. The first-order chi connectivity index (χ1) is 21.9. The standard InChI is InChI=1S/C33H42ClN3O8S/c1-8-22(3)35-33(39)27(9-2)36(20-23-11-10-12-25(17-23)42-4)32(38)21-37(28-18-24(34)13-15-29(28)43-5)46(40,41)26-14-16-30(44-6)31(19-26)45-7/h10-19,22,27H,8-9,20-21H2,1-7H3,(H,35,39). The van der Waals surface area contributed by atoms with E-state index in [1.54, 1.807) is 37.3 Å². The van der Waals surface area contributed by atoms with Crippen LogP contribution >= 0.6 is 11.6 Å². The van der Waals surface area contributed by atoms with Gasteiger partial charge in [0.1, 0.15) is 24.1 Å². The summed E-state index contributed by atoms with van der Waals surface area (Å²) in [6.07, 6.45) is 0.971. The van der Waals surface area contributed by atoms with Crippen molar-refractivity contribution < 1.29 is 37.0 Å². The van der Waals surface area contributed by atoms with E-state index in [9.17, 15) is 18.0 Å². The van der Waals surface area contributed by atoms with Crippen LogP contribution in [0, 0.1) is 0 Å². The fourth-order valence-corrected chi connectivity index (χ4v) is 6.40. The Bertz CT molecular complexity index is 1620. The summed E-state index contributed by atoms with van der Waals surface area (Å²) in [7, 11) is 1.29. The molecule has 46 heavy (non-hydrogen) atoms. The Labute approximate surface area is 276 Å². The number of methoxy groups -OCH3 is 4. The molecule has 3 rings (SSSR count). The zero-order chi connectivity index (χ0) is 34.0. The molecular formula is C33H42ClN3O8S. The van der Waals surface area contributed by atoms with Crippen LogP contribution in [0.25, 0.3) is 0 Å². The first-order valence-electron chi connectivity index (χ1n) is 14.7. The molecule has 0 radical (unpaired) electrons. The summed E-state index contributed by atoms with van der Waals surface area (Å²) < 4.78 is 51.3. The molecule has 2 atom stereocenters. The Morgan fingerprint density at radius 2 is 1.52 bits per heavy atom. The number of nitrogens with zero attached hydrogens (tertiary/aromatic N) is 2. The smallest absolute Gasteiger partial charge is 0.265 e. The number of benzene rings is 3. The second-order valence-corrected chi connectivity index (χ2v) is 12.8. The predicted molar refractivity (Wildman–Crippen MR) is 178 cm³/mol. The van der Waals surface area contributed by atoms with Gasteiger partial charge in [-0.25, -0.2) is 8.42 Å². The summed E-state index contributed by atoms with van der Waals surface area (Å²) in [5, 5.41) is 3.19. The molecule has 0 saturated heterocycles. The van der Waals surface area contributed by atoms with E-state index >= 15 is 0 Å². The summed E-state index contributed by atoms with van der Waals surface area (Å²) in [4.78, 5) is 29.2. The van der Waals surface area contributed by atoms with Crippen LogP contribution in [-0.4, -0.2) is 72.2 Å². The number of carbonyl (C=O) groups is 2. The van der Waals surface area contributed by atoms with Crippen molar-refractivity contribution in [3.8, 4) is 23.0 Å². The summed E-state index contributed by atoms with van der Waals surface area (Å²) in [5.41, 5.74) is 0.730. The van der Waals surface area contributed by atoms with Gasteiger partial charge in [0.15, 0.2) is 11.5 Å². The van der Waals surface area contributed by atoms with Crippen molar-refractivity contribution >= 4 is 39.1 Å². The molecule has 3 aromatic rings. The molecule has 0 bridgehead atoms. The molecule has 0 aromatic heterocycles. The molecule has 0 aliphatic carbocycles. The largest absolute Gasteiger partial charge is 0.497 e. The summed E-state index contributed by atoms with van der Waals surface area (Å²) in [6, 6.07) is 14.7. The van der Waals surface area contributed by atoms with Gasteiger partial charge in [-0.15, -0.1) is 0 Å². The molecule has 0 heterocycles. The average Bonchev–Trinajstić information content (AvgIpc) is 3.06. The van der Waals surface area contributed by atoms with Crippen molar-refractivity contribution in [1.82, 2.24) is 10.2 Å². The molecule has 1 N–H and O–H groups in total. The number of nitrogens with one attached hydrogen (secondary N) is 1. The highest BCUT2D eigenvalue weighted by atomic mass is 35.5. The molecule has 13 heteroatoms. The Morgan fingerprint density at radius 1 is 0.848 bits per heavy atom. The molecule has 2 amide bonds. The highest BCUT2D eigenvalue weighted by Gasteiger charge is 2.35. The van der Waals surface area contributed by atoms with Crippen LogP contribution in [0.3, 0.4) is 0 Å². The van der Waals surface area contributed by atoms with Gasteiger partial charge in [0, 0.05) is 23.7 Å². The molecule has 0 fully saturated rings. The highest BCUT2D eigenvalue weighted by molar-refractivity contribution is 7.92. The minimum atomic E-state index is -4.46. The number of sulfonamides is 1. The van der Waals surface area contributed by atoms with E-state index in [0.717, 1.165) is 4.31 Å². The van der Waals surface area contributed by atoms with Gasteiger partial charge in [-0.3, -0.25) is 13.9 Å². The van der Waals surface area contributed by atoms with Crippen molar-refractivity contribution in [1.29, 1.82) is 0 Å². The number of anilines is 1. The van der Waals surface area contributed by atoms with Crippen molar-refractivity contribution in [2.45, 2.75) is 57.1 Å². The van der Waals surface area contributed by atoms with Crippen molar-refractivity contribution in [2.75, 3.05) is 39.3 Å². The van der Waals surface area contributed by atoms with E-state index in [1.165, 1.54) is 63.7 Å². The third-order valence-electron chi connectivity index (χ3n) is 7.51. The zero-order valence-corrected chi connectivity index (χ0v) is 28.8. The lowest BCUT2D eigenvalue weighted by Gasteiger charge is -2.34. The van der Waals surface area contributed by atoms with Crippen molar-refractivity contribution in [3.63, 3.8) is 0 Å². The fourth-order valence-electron chi connectivity index (χ4n) is 4.80. The van der Waals surface area contributed by atoms with E-state index < -0.39 is 28.5 Å². The number of halogens is 1. The van der Waals surface area contributed by atoms with Crippen LogP contribution in [0.5, 0.6) is 23.0 Å². The maximum atomic E-state index is 14.4. The molecule has 11 nitrogen and oxygen atoms in total. The van der Waals surface area contributed by atoms with E-state index in [1.807, 2.05) is 13.8 Å². The van der Waals surface area contributed by atoms with E-state index in [-0.39, 0.29) is 52.0 Å². The topological polar surface area (TPSA) is 124 Å². The van der Waals surface area contributed by atoms with Crippen molar-refractivity contribution in [3.05, 3.63) is 71.2 Å². The van der Waals surface area contributed by atoms with Gasteiger partial charge in [0.05, 0.1) is 39.0 Å².